The maximum Gasteiger partial charge on any atom is 0.323 e. The highest BCUT2D eigenvalue weighted by atomic mass is 32.1. The van der Waals surface area contributed by atoms with Crippen LogP contribution in [-0.2, 0) is 48.0 Å². The zero-order valence-electron chi connectivity index (χ0n) is 39.8. The highest BCUT2D eigenvalue weighted by molar-refractivity contribution is 7.10. The van der Waals surface area contributed by atoms with Gasteiger partial charge in [-0.2, -0.15) is 0 Å². The molecule has 2 fully saturated rings. The topological polar surface area (TPSA) is 172 Å². The van der Waals surface area contributed by atoms with E-state index >= 15 is 0 Å². The fraction of sp³-hybridized carbons (Fsp3) is 0.521. The number of aryl methyl sites for hydroxylation is 1. The largest absolute Gasteiger partial charge is 0.464 e. The number of amides is 5. The Hall–Kier alpha value is -5.50. The van der Waals surface area contributed by atoms with E-state index in [1.165, 1.54) is 38.1 Å². The smallest absolute Gasteiger partial charge is 0.323 e. The first-order valence-corrected chi connectivity index (χ1v) is 24.1. The van der Waals surface area contributed by atoms with Gasteiger partial charge in [0.15, 0.2) is 5.83 Å². The second-order valence-electron chi connectivity index (χ2n) is 19.0. The van der Waals surface area contributed by atoms with E-state index in [-0.39, 0.29) is 38.8 Å². The van der Waals surface area contributed by atoms with Crippen molar-refractivity contribution in [1.29, 1.82) is 0 Å². The van der Waals surface area contributed by atoms with Crippen LogP contribution in [0, 0.1) is 11.3 Å². The van der Waals surface area contributed by atoms with E-state index in [1.807, 2.05) is 24.4 Å². The minimum Gasteiger partial charge on any atom is -0.464 e. The molecule has 16 nitrogen and oxygen atoms in total. The number of likely N-dealkylation sites (tertiary alicyclic amines) is 1. The first-order chi connectivity index (χ1) is 31.7. The molecule has 19 heteroatoms. The number of rotatable bonds is 10. The number of carbonyl (C=O) groups excluding carboxylic acids is 5. The summed E-state index contributed by atoms with van der Waals surface area (Å²) in [7, 11) is 8.45. The molecular formula is C48H61FN9O7SSi. The Morgan fingerprint density at radius 2 is 1.90 bits per heavy atom. The van der Waals surface area contributed by atoms with E-state index in [0.29, 0.717) is 36.5 Å². The van der Waals surface area contributed by atoms with E-state index in [2.05, 4.69) is 71.1 Å². The second-order valence-corrected chi connectivity index (χ2v) is 20.8. The van der Waals surface area contributed by atoms with Crippen LogP contribution in [0.5, 0.6) is 0 Å². The van der Waals surface area contributed by atoms with Crippen molar-refractivity contribution in [2.45, 2.75) is 103 Å². The van der Waals surface area contributed by atoms with Crippen molar-refractivity contribution in [2.24, 2.45) is 11.3 Å². The van der Waals surface area contributed by atoms with Crippen LogP contribution in [0.4, 0.5) is 9.18 Å². The number of likely N-dealkylation sites (N-methyl/N-ethyl adjacent to an activating group) is 2. The van der Waals surface area contributed by atoms with Crippen LogP contribution in [0.2, 0.25) is 0 Å². The van der Waals surface area contributed by atoms with Crippen molar-refractivity contribution in [3.05, 3.63) is 70.6 Å². The first kappa shape index (κ1) is 49.4. The number of benzene rings is 1. The van der Waals surface area contributed by atoms with Crippen LogP contribution >= 0.6 is 11.3 Å². The van der Waals surface area contributed by atoms with E-state index in [9.17, 15) is 28.4 Å². The lowest BCUT2D eigenvalue weighted by molar-refractivity contribution is -0.158. The summed E-state index contributed by atoms with van der Waals surface area (Å²) in [5.74, 6) is -3.94. The normalized spacial score (nSPS) is 21.0. The molecule has 357 valence electrons. The van der Waals surface area contributed by atoms with Gasteiger partial charge in [0.1, 0.15) is 17.2 Å². The molecule has 4 aromatic rings. The van der Waals surface area contributed by atoms with Crippen LogP contribution in [0.25, 0.3) is 33.4 Å². The molecular weight excluding hydrogens is 894 g/mol. The third-order valence-electron chi connectivity index (χ3n) is 13.1. The molecule has 3 aliphatic heterocycles. The van der Waals surface area contributed by atoms with Gasteiger partial charge in [-0.25, -0.2) is 19.6 Å². The molecule has 6 heterocycles. The van der Waals surface area contributed by atoms with Gasteiger partial charge in [-0.15, -0.1) is 11.3 Å². The van der Waals surface area contributed by atoms with E-state index in [4.69, 9.17) is 19.4 Å². The molecule has 4 atom stereocenters. The van der Waals surface area contributed by atoms with Crippen molar-refractivity contribution >= 4 is 62.2 Å². The lowest BCUT2D eigenvalue weighted by atomic mass is 9.84. The monoisotopic (exact) mass is 954 g/mol. The number of hydrazine groups is 1. The fourth-order valence-electron chi connectivity index (χ4n) is 9.37. The van der Waals surface area contributed by atoms with E-state index < -0.39 is 70.2 Å². The number of ether oxygens (including phenoxy) is 2. The first-order valence-electron chi connectivity index (χ1n) is 22.7. The van der Waals surface area contributed by atoms with Gasteiger partial charge in [0.25, 0.3) is 11.8 Å². The molecule has 2 saturated heterocycles. The van der Waals surface area contributed by atoms with Gasteiger partial charge < -0.3 is 34.1 Å². The molecule has 0 aliphatic carbocycles. The van der Waals surface area contributed by atoms with E-state index in [1.54, 1.807) is 34.2 Å². The number of nitrogens with zero attached hydrogens (tertiary/aromatic N) is 7. The number of fused-ring (bicyclic) bond motifs is 6. The number of aromatic nitrogens is 3. The number of carbonyl (C=O) groups is 5. The Morgan fingerprint density at radius 3 is 2.57 bits per heavy atom. The average Bonchev–Trinajstić information content (AvgIpc) is 3.87. The number of thiazole rings is 1. The van der Waals surface area contributed by atoms with Crippen LogP contribution in [0.3, 0.4) is 0 Å². The molecule has 3 aromatic heterocycles. The summed E-state index contributed by atoms with van der Waals surface area (Å²) in [6.45, 7) is 16.1. The molecule has 3 radical (unpaired) electrons. The summed E-state index contributed by atoms with van der Waals surface area (Å²) < 4.78 is 27.7. The minimum atomic E-state index is -1.45. The Bertz CT molecular complexity index is 2580. The maximum atomic E-state index is 14.7. The van der Waals surface area contributed by atoms with Gasteiger partial charge in [-0.05, 0) is 68.9 Å². The predicted molar refractivity (Wildman–Crippen MR) is 254 cm³/mol. The molecule has 0 saturated carbocycles. The van der Waals surface area contributed by atoms with Crippen molar-refractivity contribution in [1.82, 2.24) is 45.0 Å². The molecule has 0 spiro atoms. The molecule has 0 unspecified atom stereocenters. The number of halogens is 1. The standard InChI is InChI=1S/C48H61FN9O7SSi/c1-11-57-37-16-15-30-20-33(37)34(41(57)32-14-12-18-50-39(32)29(5)64-10)22-47(6,7)26-65-45(62)48(67)17-13-19-58(53-48)44(61)35(21-38-51-36(30)25-66-38)52-42(59)40(27(2)3)55(9)46(63)54(8)31-23-56(24-31)43(60)28(4)49/h12,14-16,18,20,25,27,29,31,35,40,53H,4,11,13,17,19,21-24,26H2,1-3,5-10H3,(H,52,59)/t29-,35-,40-,48-/m0/s1. The lowest BCUT2D eigenvalue weighted by Crippen LogP contribution is -2.68. The summed E-state index contributed by atoms with van der Waals surface area (Å²) in [5, 5.41) is 6.42. The lowest BCUT2D eigenvalue weighted by Gasteiger charge is -2.45. The quantitative estimate of drug-likeness (QED) is 0.119. The minimum absolute atomic E-state index is 0.0142. The Kier molecular flexibility index (Phi) is 14.5. The summed E-state index contributed by atoms with van der Waals surface area (Å²) >= 11 is 1.37. The Labute approximate surface area is 398 Å². The number of hydrogen-bond donors (Lipinski definition) is 2. The van der Waals surface area contributed by atoms with Gasteiger partial charge in [0.2, 0.25) is 5.91 Å². The summed E-state index contributed by atoms with van der Waals surface area (Å²) in [4.78, 5) is 83.1. The summed E-state index contributed by atoms with van der Waals surface area (Å²) in [5.41, 5.74) is 8.97. The molecule has 5 amide bonds. The van der Waals surface area contributed by atoms with Crippen LogP contribution in [0.1, 0.15) is 76.8 Å². The van der Waals surface area contributed by atoms with Crippen LogP contribution in [-0.4, -0.2) is 145 Å². The van der Waals surface area contributed by atoms with Crippen molar-refractivity contribution < 1.29 is 37.8 Å². The number of methoxy groups -OCH3 is 1. The number of urea groups is 1. The van der Waals surface area contributed by atoms with Gasteiger partial charge in [-0.1, -0.05) is 40.3 Å². The zero-order chi connectivity index (χ0) is 48.7. The third-order valence-corrected chi connectivity index (χ3v) is 14.6. The van der Waals surface area contributed by atoms with E-state index in [0.717, 1.165) is 39.0 Å². The van der Waals surface area contributed by atoms with Gasteiger partial charge in [0.05, 0.1) is 51.1 Å². The molecule has 3 aliphatic rings. The number of pyridine rings is 1. The fourth-order valence-corrected chi connectivity index (χ4v) is 10.6. The molecule has 1 aromatic carbocycles. The molecule has 2 N–H and O–H groups in total. The molecule has 67 heavy (non-hydrogen) atoms. The number of hydrogen-bond acceptors (Lipinski definition) is 11. The van der Waals surface area contributed by atoms with Crippen LogP contribution < -0.4 is 10.7 Å². The second kappa shape index (κ2) is 19.6. The maximum absolute atomic E-state index is 14.7. The summed E-state index contributed by atoms with van der Waals surface area (Å²) in [6.07, 6.45) is 2.82. The molecule has 6 bridgehead atoms. The van der Waals surface area contributed by atoms with Crippen molar-refractivity contribution in [3.8, 4) is 22.5 Å². The highest BCUT2D eigenvalue weighted by Crippen LogP contribution is 2.42. The number of nitrogens with one attached hydrogen (secondary N) is 2. The Balaban J connectivity index is 1.26. The van der Waals surface area contributed by atoms with Gasteiger partial charge in [0, 0.05) is 92.8 Å². The van der Waals surface area contributed by atoms with Gasteiger partial charge in [-0.3, -0.25) is 29.2 Å². The van der Waals surface area contributed by atoms with Crippen molar-refractivity contribution in [2.75, 3.05) is 47.4 Å². The van der Waals surface area contributed by atoms with Crippen molar-refractivity contribution in [3.63, 3.8) is 0 Å². The number of cyclic esters (lactones) is 1. The molecule has 7 rings (SSSR count). The summed E-state index contributed by atoms with van der Waals surface area (Å²) in [6, 6.07) is 7.23. The average molecular weight is 955 g/mol. The van der Waals surface area contributed by atoms with Crippen LogP contribution in [0.15, 0.2) is 54.3 Å². The Morgan fingerprint density at radius 1 is 1.16 bits per heavy atom. The third kappa shape index (κ3) is 9.91. The highest BCUT2D eigenvalue weighted by Gasteiger charge is 2.44. The van der Waals surface area contributed by atoms with Gasteiger partial charge >= 0.3 is 12.0 Å². The SMILES string of the molecule is C=C(F)C(=O)N1CC(N(C)C(=O)N(C)[C@H](C(=O)N[C@H]2Cc3nc(cs3)-c3ccc4c(c3)c(c(-c3cccnc3[C@H](C)OC)n4CC)CC(C)(C)COC(=O)[C@@]3([Si])CCCN(N3)C2=O)C(C)C)C1. The predicted octanol–water partition coefficient (Wildman–Crippen LogP) is 5.40. The number of esters is 1. The zero-order valence-corrected chi connectivity index (χ0v) is 41.6.